The fourth-order valence-electron chi connectivity index (χ4n) is 4.14. The Bertz CT molecular complexity index is 903. The van der Waals surface area contributed by atoms with Gasteiger partial charge in [-0.25, -0.2) is 0 Å². The lowest BCUT2D eigenvalue weighted by atomic mass is 9.95. The molecule has 3 aromatic rings. The number of H-pyrrole nitrogens is 1. The fourth-order valence-corrected chi connectivity index (χ4v) is 4.14. The Balaban J connectivity index is 1.29. The van der Waals surface area contributed by atoms with Gasteiger partial charge in [0.25, 0.3) is 5.91 Å². The Morgan fingerprint density at radius 1 is 1.11 bits per heavy atom. The molecule has 1 saturated heterocycles. The molecule has 1 aromatic heterocycles. The van der Waals surface area contributed by atoms with E-state index in [2.05, 4.69) is 41.1 Å². The van der Waals surface area contributed by atoms with E-state index in [9.17, 15) is 4.79 Å². The summed E-state index contributed by atoms with van der Waals surface area (Å²) >= 11 is 0. The molecule has 0 atom stereocenters. The van der Waals surface area contributed by atoms with E-state index < -0.39 is 0 Å². The van der Waals surface area contributed by atoms with Crippen LogP contribution in [0.15, 0.2) is 54.6 Å². The lowest BCUT2D eigenvalue weighted by Crippen LogP contribution is -2.39. The second-order valence-corrected chi connectivity index (χ2v) is 8.16. The minimum absolute atomic E-state index is 0.0817. The van der Waals surface area contributed by atoms with E-state index >= 15 is 0 Å². The van der Waals surface area contributed by atoms with Crippen LogP contribution < -0.4 is 0 Å². The average molecular weight is 376 g/mol. The van der Waals surface area contributed by atoms with Crippen LogP contribution in [0, 0.1) is 12.8 Å². The van der Waals surface area contributed by atoms with Crippen molar-refractivity contribution in [3.8, 4) is 0 Å². The van der Waals surface area contributed by atoms with Crippen molar-refractivity contribution in [1.29, 1.82) is 0 Å². The van der Waals surface area contributed by atoms with Gasteiger partial charge in [-0.05, 0) is 56.5 Å². The number of nitrogens with one attached hydrogen (secondary N) is 1. The van der Waals surface area contributed by atoms with Gasteiger partial charge in [0.1, 0.15) is 5.69 Å². The van der Waals surface area contributed by atoms with Gasteiger partial charge in [-0.3, -0.25) is 9.69 Å². The third-order valence-corrected chi connectivity index (χ3v) is 5.87. The number of rotatable bonds is 5. The minimum atomic E-state index is 0.0817. The number of aryl methyl sites for hydroxylation is 1. The number of carbonyl (C=O) groups excluding carboxylic acids is 1. The van der Waals surface area contributed by atoms with Gasteiger partial charge in [0, 0.05) is 31.0 Å². The van der Waals surface area contributed by atoms with Gasteiger partial charge < -0.3 is 9.88 Å². The van der Waals surface area contributed by atoms with Crippen molar-refractivity contribution < 1.29 is 4.79 Å². The Kier molecular flexibility index (Phi) is 5.49. The van der Waals surface area contributed by atoms with Gasteiger partial charge in [0.15, 0.2) is 0 Å². The highest BCUT2D eigenvalue weighted by molar-refractivity contribution is 5.97. The number of fused-ring (bicyclic) bond motifs is 1. The topological polar surface area (TPSA) is 39.3 Å². The number of aromatic nitrogens is 1. The zero-order valence-electron chi connectivity index (χ0n) is 16.8. The zero-order valence-corrected chi connectivity index (χ0v) is 16.8. The van der Waals surface area contributed by atoms with Crippen LogP contribution in [0.3, 0.4) is 0 Å². The standard InChI is InChI=1S/C24H29N3O/c1-18-7-9-19(10-8-18)17-27-13-11-20(12-14-27)16-26(2)24(28)23-15-21-5-3-4-6-22(21)25-23/h3-10,15,20,25H,11-14,16-17H2,1-2H3. The van der Waals surface area contributed by atoms with E-state index in [4.69, 9.17) is 0 Å². The summed E-state index contributed by atoms with van der Waals surface area (Å²) in [6.07, 6.45) is 2.30. The molecule has 0 unspecified atom stereocenters. The molecule has 1 fully saturated rings. The number of nitrogens with zero attached hydrogens (tertiary/aromatic N) is 2. The van der Waals surface area contributed by atoms with E-state index in [1.54, 1.807) is 0 Å². The normalized spacial score (nSPS) is 15.8. The summed E-state index contributed by atoms with van der Waals surface area (Å²) in [5.74, 6) is 0.658. The summed E-state index contributed by atoms with van der Waals surface area (Å²) in [7, 11) is 1.92. The van der Waals surface area contributed by atoms with Crippen molar-refractivity contribution >= 4 is 16.8 Å². The molecular formula is C24H29N3O. The van der Waals surface area contributed by atoms with E-state index in [0.717, 1.165) is 49.9 Å². The molecule has 1 aliphatic heterocycles. The number of hydrogen-bond donors (Lipinski definition) is 1. The number of hydrogen-bond acceptors (Lipinski definition) is 2. The Morgan fingerprint density at radius 2 is 1.82 bits per heavy atom. The van der Waals surface area contributed by atoms with Crippen molar-refractivity contribution in [2.75, 3.05) is 26.7 Å². The summed E-state index contributed by atoms with van der Waals surface area (Å²) in [6, 6.07) is 18.8. The first kappa shape index (κ1) is 18.8. The molecule has 1 amide bonds. The minimum Gasteiger partial charge on any atom is -0.351 e. The van der Waals surface area contributed by atoms with Gasteiger partial charge in [0.2, 0.25) is 0 Å². The van der Waals surface area contributed by atoms with Crippen LogP contribution in [-0.4, -0.2) is 47.4 Å². The van der Waals surface area contributed by atoms with Crippen molar-refractivity contribution in [2.24, 2.45) is 5.92 Å². The number of likely N-dealkylation sites (tertiary alicyclic amines) is 1. The first-order valence-electron chi connectivity index (χ1n) is 10.2. The van der Waals surface area contributed by atoms with E-state index in [1.807, 2.05) is 42.3 Å². The molecular weight excluding hydrogens is 346 g/mol. The molecule has 0 aliphatic carbocycles. The molecule has 0 radical (unpaired) electrons. The van der Waals surface area contributed by atoms with Crippen molar-refractivity contribution in [1.82, 2.24) is 14.8 Å². The highest BCUT2D eigenvalue weighted by Crippen LogP contribution is 2.21. The van der Waals surface area contributed by atoms with Crippen LogP contribution in [-0.2, 0) is 6.54 Å². The lowest BCUT2D eigenvalue weighted by molar-refractivity contribution is 0.0733. The van der Waals surface area contributed by atoms with Crippen LogP contribution in [0.5, 0.6) is 0 Å². The molecule has 0 saturated carbocycles. The molecule has 4 heteroatoms. The lowest BCUT2D eigenvalue weighted by Gasteiger charge is -2.33. The van der Waals surface area contributed by atoms with Crippen molar-refractivity contribution in [3.63, 3.8) is 0 Å². The van der Waals surface area contributed by atoms with Gasteiger partial charge in [0.05, 0.1) is 0 Å². The van der Waals surface area contributed by atoms with Crippen LogP contribution >= 0.6 is 0 Å². The Hall–Kier alpha value is -2.59. The molecule has 4 rings (SSSR count). The summed E-state index contributed by atoms with van der Waals surface area (Å²) in [5.41, 5.74) is 4.39. The molecule has 0 spiro atoms. The third kappa shape index (κ3) is 4.28. The number of amides is 1. The second kappa shape index (κ2) is 8.19. The first-order valence-corrected chi connectivity index (χ1v) is 10.2. The molecule has 2 heterocycles. The molecule has 146 valence electrons. The average Bonchev–Trinajstić information content (AvgIpc) is 3.15. The highest BCUT2D eigenvalue weighted by Gasteiger charge is 2.23. The van der Waals surface area contributed by atoms with E-state index in [-0.39, 0.29) is 5.91 Å². The maximum atomic E-state index is 12.8. The maximum absolute atomic E-state index is 12.8. The number of benzene rings is 2. The monoisotopic (exact) mass is 375 g/mol. The van der Waals surface area contributed by atoms with Crippen molar-refractivity contribution in [3.05, 3.63) is 71.4 Å². The summed E-state index contributed by atoms with van der Waals surface area (Å²) in [5, 5.41) is 1.09. The largest absolute Gasteiger partial charge is 0.351 e. The smallest absolute Gasteiger partial charge is 0.270 e. The molecule has 0 bridgehead atoms. The van der Waals surface area contributed by atoms with Crippen LogP contribution in [0.25, 0.3) is 10.9 Å². The first-order chi connectivity index (χ1) is 13.6. The highest BCUT2D eigenvalue weighted by atomic mass is 16.2. The van der Waals surface area contributed by atoms with Crippen LogP contribution in [0.4, 0.5) is 0 Å². The molecule has 28 heavy (non-hydrogen) atoms. The number of para-hydroxylation sites is 1. The fraction of sp³-hybridized carbons (Fsp3) is 0.375. The summed E-state index contributed by atoms with van der Waals surface area (Å²) in [6.45, 7) is 6.19. The van der Waals surface area contributed by atoms with Gasteiger partial charge in [-0.15, -0.1) is 0 Å². The van der Waals surface area contributed by atoms with E-state index in [1.165, 1.54) is 11.1 Å². The molecule has 1 N–H and O–H groups in total. The molecule has 2 aromatic carbocycles. The Labute approximate surface area is 167 Å². The van der Waals surface area contributed by atoms with Crippen LogP contribution in [0.1, 0.15) is 34.5 Å². The predicted octanol–water partition coefficient (Wildman–Crippen LogP) is 4.46. The SMILES string of the molecule is Cc1ccc(CN2CCC(CN(C)C(=O)c3cc4ccccc4[nH]3)CC2)cc1. The van der Waals surface area contributed by atoms with Gasteiger partial charge in [-0.1, -0.05) is 48.0 Å². The molecule has 4 nitrogen and oxygen atoms in total. The summed E-state index contributed by atoms with van der Waals surface area (Å²) < 4.78 is 0. The van der Waals surface area contributed by atoms with Crippen molar-refractivity contribution in [2.45, 2.75) is 26.3 Å². The summed E-state index contributed by atoms with van der Waals surface area (Å²) in [4.78, 5) is 20.5. The second-order valence-electron chi connectivity index (χ2n) is 8.16. The molecule has 1 aliphatic rings. The maximum Gasteiger partial charge on any atom is 0.270 e. The zero-order chi connectivity index (χ0) is 19.5. The Morgan fingerprint density at radius 3 is 2.54 bits per heavy atom. The van der Waals surface area contributed by atoms with Gasteiger partial charge in [-0.2, -0.15) is 0 Å². The van der Waals surface area contributed by atoms with E-state index in [0.29, 0.717) is 11.6 Å². The number of carbonyl (C=O) groups is 1. The third-order valence-electron chi connectivity index (χ3n) is 5.87. The predicted molar refractivity (Wildman–Crippen MR) is 114 cm³/mol. The quantitative estimate of drug-likeness (QED) is 0.715. The van der Waals surface area contributed by atoms with Gasteiger partial charge >= 0.3 is 0 Å². The van der Waals surface area contributed by atoms with Crippen LogP contribution in [0.2, 0.25) is 0 Å². The number of aromatic amines is 1. The number of piperidine rings is 1.